The number of hydrogen-bond acceptors (Lipinski definition) is 7. The number of carbonyl (C=O) groups is 2. The van der Waals surface area contributed by atoms with Crippen molar-refractivity contribution in [1.29, 1.82) is 0 Å². The molecule has 0 bridgehead atoms. The third kappa shape index (κ3) is 4.52. The van der Waals surface area contributed by atoms with Gasteiger partial charge in [0.1, 0.15) is 5.25 Å². The number of anilines is 1. The number of phenols is 2. The van der Waals surface area contributed by atoms with Crippen LogP contribution >= 0.6 is 27.7 Å². The molecule has 2 aromatic rings. The quantitative estimate of drug-likeness (QED) is 0.210. The van der Waals surface area contributed by atoms with Crippen LogP contribution in [0, 0.1) is 0 Å². The summed E-state index contributed by atoms with van der Waals surface area (Å²) in [5.74, 6) is -1.18. The van der Waals surface area contributed by atoms with Crippen LogP contribution in [-0.2, 0) is 9.59 Å². The molecule has 10 heteroatoms. The van der Waals surface area contributed by atoms with E-state index < -0.39 is 5.25 Å². The monoisotopic (exact) mass is 462 g/mol. The number of phenolic OH excluding ortho intramolecular Hbond substituents is 2. The van der Waals surface area contributed by atoms with Crippen LogP contribution < -0.4 is 10.6 Å². The summed E-state index contributed by atoms with van der Waals surface area (Å²) in [6.45, 7) is 0. The molecule has 1 heterocycles. The topological polar surface area (TPSA) is 129 Å². The van der Waals surface area contributed by atoms with Crippen molar-refractivity contribution in [3.05, 3.63) is 52.5 Å². The fraction of sp³-hybridized carbons (Fsp3) is 0.111. The second kappa shape index (κ2) is 8.44. The minimum Gasteiger partial charge on any atom is -0.504 e. The molecule has 0 unspecified atom stereocenters. The Kier molecular flexibility index (Phi) is 6.00. The maximum absolute atomic E-state index is 12.6. The number of hydrogen-bond donors (Lipinski definition) is 3. The molecule has 1 atom stereocenters. The molecule has 0 spiro atoms. The maximum Gasteiger partial charge on any atom is 0.247 e. The molecule has 4 N–H and O–H groups in total. The van der Waals surface area contributed by atoms with Gasteiger partial charge < -0.3 is 15.9 Å². The van der Waals surface area contributed by atoms with Gasteiger partial charge in [-0.3, -0.25) is 9.59 Å². The molecule has 2 amide bonds. The van der Waals surface area contributed by atoms with E-state index in [9.17, 15) is 19.8 Å². The first-order chi connectivity index (χ1) is 13.3. The SMILES string of the molecule is N/C(=N/N=C\c1ccc(O)c(O)c1)S[C@H]1CC(=O)N(c2ccc(Br)cc2)C1=O. The molecule has 1 aliphatic rings. The third-order valence-corrected chi connectivity index (χ3v) is 5.32. The average molecular weight is 463 g/mol. The van der Waals surface area contributed by atoms with Crippen molar-refractivity contribution < 1.29 is 19.8 Å². The number of rotatable bonds is 4. The summed E-state index contributed by atoms with van der Waals surface area (Å²) in [5, 5.41) is 25.7. The Morgan fingerprint density at radius 2 is 1.89 bits per heavy atom. The van der Waals surface area contributed by atoms with Crippen LogP contribution in [0.5, 0.6) is 11.5 Å². The zero-order chi connectivity index (χ0) is 20.3. The summed E-state index contributed by atoms with van der Waals surface area (Å²) in [6, 6.07) is 11.0. The summed E-state index contributed by atoms with van der Waals surface area (Å²) < 4.78 is 0.845. The van der Waals surface area contributed by atoms with Gasteiger partial charge in [-0.05, 0) is 48.0 Å². The predicted molar refractivity (Wildman–Crippen MR) is 112 cm³/mol. The second-order valence-corrected chi connectivity index (χ2v) is 7.92. The van der Waals surface area contributed by atoms with Gasteiger partial charge in [-0.25, -0.2) is 4.90 Å². The van der Waals surface area contributed by atoms with Gasteiger partial charge in [-0.2, -0.15) is 5.10 Å². The number of imide groups is 1. The first-order valence-electron chi connectivity index (χ1n) is 8.02. The van der Waals surface area contributed by atoms with Crippen LogP contribution in [0.25, 0.3) is 0 Å². The first-order valence-corrected chi connectivity index (χ1v) is 9.70. The van der Waals surface area contributed by atoms with E-state index in [-0.39, 0.29) is 34.9 Å². The van der Waals surface area contributed by atoms with Crippen LogP contribution in [0.1, 0.15) is 12.0 Å². The van der Waals surface area contributed by atoms with Gasteiger partial charge in [-0.1, -0.05) is 27.7 Å². The van der Waals surface area contributed by atoms with Crippen LogP contribution in [0.4, 0.5) is 5.69 Å². The van der Waals surface area contributed by atoms with Crippen molar-refractivity contribution in [1.82, 2.24) is 0 Å². The largest absolute Gasteiger partial charge is 0.504 e. The Bertz CT molecular complexity index is 978. The fourth-order valence-corrected chi connectivity index (χ4v) is 3.58. The van der Waals surface area contributed by atoms with Crippen molar-refractivity contribution in [3.63, 3.8) is 0 Å². The van der Waals surface area contributed by atoms with Gasteiger partial charge in [-0.15, -0.1) is 5.10 Å². The van der Waals surface area contributed by atoms with E-state index in [1.807, 2.05) is 0 Å². The zero-order valence-electron chi connectivity index (χ0n) is 14.3. The minimum atomic E-state index is -0.673. The number of thioether (sulfide) groups is 1. The summed E-state index contributed by atoms with van der Waals surface area (Å²) in [5.41, 5.74) is 6.81. The number of aromatic hydroxyl groups is 2. The van der Waals surface area contributed by atoms with Crippen LogP contribution in [0.2, 0.25) is 0 Å². The van der Waals surface area contributed by atoms with E-state index in [0.717, 1.165) is 21.1 Å². The number of nitrogens with zero attached hydrogens (tertiary/aromatic N) is 3. The van der Waals surface area contributed by atoms with Crippen molar-refractivity contribution in [3.8, 4) is 11.5 Å². The number of amidine groups is 1. The van der Waals surface area contributed by atoms with Gasteiger partial charge in [0, 0.05) is 10.9 Å². The van der Waals surface area contributed by atoms with Gasteiger partial charge >= 0.3 is 0 Å². The lowest BCUT2D eigenvalue weighted by Crippen LogP contribution is -2.31. The first kappa shape index (κ1) is 19.9. The Hall–Kier alpha value is -2.85. The molecule has 8 nitrogen and oxygen atoms in total. The van der Waals surface area contributed by atoms with Crippen molar-refractivity contribution in [2.24, 2.45) is 15.9 Å². The average Bonchev–Trinajstić information content (AvgIpc) is 2.92. The van der Waals surface area contributed by atoms with Gasteiger partial charge in [0.05, 0.1) is 11.9 Å². The molecule has 0 radical (unpaired) electrons. The molecule has 1 saturated heterocycles. The van der Waals surface area contributed by atoms with E-state index in [4.69, 9.17) is 5.73 Å². The van der Waals surface area contributed by atoms with Gasteiger partial charge in [0.2, 0.25) is 11.8 Å². The molecule has 2 aromatic carbocycles. The molecule has 1 aliphatic heterocycles. The molecule has 144 valence electrons. The predicted octanol–water partition coefficient (Wildman–Crippen LogP) is 2.57. The molecule has 0 saturated carbocycles. The highest BCUT2D eigenvalue weighted by atomic mass is 79.9. The smallest absolute Gasteiger partial charge is 0.247 e. The Labute approximate surface area is 172 Å². The number of benzene rings is 2. The summed E-state index contributed by atoms with van der Waals surface area (Å²) in [6.07, 6.45) is 1.35. The van der Waals surface area contributed by atoms with Crippen LogP contribution in [0.3, 0.4) is 0 Å². The molecule has 1 fully saturated rings. The maximum atomic E-state index is 12.6. The zero-order valence-corrected chi connectivity index (χ0v) is 16.7. The van der Waals surface area contributed by atoms with Crippen molar-refractivity contribution in [2.45, 2.75) is 11.7 Å². The van der Waals surface area contributed by atoms with Crippen LogP contribution in [0.15, 0.2) is 57.1 Å². The standard InChI is InChI=1S/C18H15BrN4O4S/c19-11-2-4-12(5-3-11)23-16(26)8-15(17(23)27)28-18(20)22-21-9-10-1-6-13(24)14(25)7-10/h1-7,9,15,24-25H,8H2,(H2,20,22)/b21-9-/t15-/m0/s1. The third-order valence-electron chi connectivity index (χ3n) is 3.82. The Morgan fingerprint density at radius 1 is 1.18 bits per heavy atom. The lowest BCUT2D eigenvalue weighted by Gasteiger charge is -2.14. The second-order valence-electron chi connectivity index (χ2n) is 5.79. The van der Waals surface area contributed by atoms with E-state index in [0.29, 0.717) is 11.3 Å². The molecular formula is C18H15BrN4O4S. The fourth-order valence-electron chi connectivity index (χ4n) is 2.50. The number of amides is 2. The Balaban J connectivity index is 1.65. The summed E-state index contributed by atoms with van der Waals surface area (Å²) in [7, 11) is 0. The van der Waals surface area contributed by atoms with E-state index in [2.05, 4.69) is 26.1 Å². The van der Waals surface area contributed by atoms with Gasteiger partial charge in [0.15, 0.2) is 16.7 Å². The van der Waals surface area contributed by atoms with Gasteiger partial charge in [0.25, 0.3) is 0 Å². The molecule has 0 aliphatic carbocycles. The summed E-state index contributed by atoms with van der Waals surface area (Å²) >= 11 is 4.28. The molecule has 28 heavy (non-hydrogen) atoms. The number of halogens is 1. The van der Waals surface area contributed by atoms with Crippen molar-refractivity contribution in [2.75, 3.05) is 4.90 Å². The van der Waals surface area contributed by atoms with E-state index in [1.165, 1.54) is 24.4 Å². The normalized spacial score (nSPS) is 17.7. The number of nitrogens with two attached hydrogens (primary N) is 1. The molecular weight excluding hydrogens is 448 g/mol. The minimum absolute atomic E-state index is 0.0192. The van der Waals surface area contributed by atoms with E-state index >= 15 is 0 Å². The highest BCUT2D eigenvalue weighted by Crippen LogP contribution is 2.30. The lowest BCUT2D eigenvalue weighted by molar-refractivity contribution is -0.121. The van der Waals surface area contributed by atoms with Crippen LogP contribution in [-0.4, -0.2) is 38.7 Å². The summed E-state index contributed by atoms with van der Waals surface area (Å²) in [4.78, 5) is 26.0. The molecule has 0 aromatic heterocycles. The highest BCUT2D eigenvalue weighted by molar-refractivity contribution is 9.10. The Morgan fingerprint density at radius 3 is 2.57 bits per heavy atom. The lowest BCUT2D eigenvalue weighted by atomic mass is 10.2. The van der Waals surface area contributed by atoms with Crippen molar-refractivity contribution >= 4 is 56.6 Å². The highest BCUT2D eigenvalue weighted by Gasteiger charge is 2.40. The van der Waals surface area contributed by atoms with E-state index in [1.54, 1.807) is 24.3 Å². The molecule has 3 rings (SSSR count). The number of carbonyl (C=O) groups excluding carboxylic acids is 2.